The highest BCUT2D eigenvalue weighted by Gasteiger charge is 2.17. The summed E-state index contributed by atoms with van der Waals surface area (Å²) in [6.07, 6.45) is 2.84. The van der Waals surface area contributed by atoms with E-state index in [2.05, 4.69) is 20.0 Å². The minimum Gasteiger partial charge on any atom is -0.493 e. The number of sulfonamides is 1. The molecule has 17 nitrogen and oxygen atoms in total. The maximum absolute atomic E-state index is 12.7. The predicted octanol–water partition coefficient (Wildman–Crippen LogP) is 0.361. The zero-order chi connectivity index (χ0) is 32.9. The van der Waals surface area contributed by atoms with Gasteiger partial charge in [-0.3, -0.25) is 14.4 Å². The van der Waals surface area contributed by atoms with Crippen LogP contribution < -0.4 is 14.8 Å². The maximum atomic E-state index is 12.7. The van der Waals surface area contributed by atoms with Crippen molar-refractivity contribution in [2.24, 2.45) is 0 Å². The van der Waals surface area contributed by atoms with Gasteiger partial charge in [0.25, 0.3) is 15.9 Å². The second-order valence-corrected chi connectivity index (χ2v) is 10.7. The smallest absolute Gasteiger partial charge is 0.329 e. The SMILES string of the molecule is O=C(O)CCOc1cccc(S(=O)(=O)Nc2ncc(C(=O)NCCOCCOCC(=O)CCCOCCOCC(=O)O)cn2)c1. The van der Waals surface area contributed by atoms with Gasteiger partial charge in [-0.2, -0.15) is 0 Å². The van der Waals surface area contributed by atoms with E-state index in [1.54, 1.807) is 0 Å². The number of carboxylic acid groups (broad SMARTS) is 2. The van der Waals surface area contributed by atoms with Gasteiger partial charge in [0.15, 0.2) is 5.78 Å². The van der Waals surface area contributed by atoms with Crippen molar-refractivity contribution in [3.8, 4) is 5.75 Å². The van der Waals surface area contributed by atoms with Gasteiger partial charge in [-0.25, -0.2) is 27.9 Å². The molecule has 0 aliphatic carbocycles. The molecule has 0 aliphatic heterocycles. The van der Waals surface area contributed by atoms with Crippen LogP contribution in [0, 0.1) is 0 Å². The van der Waals surface area contributed by atoms with Crippen molar-refractivity contribution in [2.75, 3.05) is 70.7 Å². The molecule has 248 valence electrons. The van der Waals surface area contributed by atoms with E-state index in [9.17, 15) is 27.6 Å². The topological polar surface area (TPSA) is 239 Å². The third kappa shape index (κ3) is 16.4. The monoisotopic (exact) mass is 656 g/mol. The minimum absolute atomic E-state index is 0.0661. The number of carbonyl (C=O) groups excluding carboxylic acids is 2. The quantitative estimate of drug-likeness (QED) is 0.106. The van der Waals surface area contributed by atoms with Crippen molar-refractivity contribution in [3.05, 3.63) is 42.2 Å². The summed E-state index contributed by atoms with van der Waals surface area (Å²) in [5.74, 6) is -2.78. The molecule has 0 radical (unpaired) electrons. The Bertz CT molecular complexity index is 1340. The van der Waals surface area contributed by atoms with Gasteiger partial charge in [0.1, 0.15) is 19.0 Å². The zero-order valence-corrected chi connectivity index (χ0v) is 25.2. The van der Waals surface area contributed by atoms with Crippen LogP contribution in [0.5, 0.6) is 5.75 Å². The number of hydrogen-bond donors (Lipinski definition) is 4. The molecule has 1 aromatic heterocycles. The summed E-state index contributed by atoms with van der Waals surface area (Å²) >= 11 is 0. The fourth-order valence-corrected chi connectivity index (χ4v) is 4.22. The Morgan fingerprint density at radius 3 is 2.13 bits per heavy atom. The highest BCUT2D eigenvalue weighted by molar-refractivity contribution is 7.92. The number of ketones is 1. The van der Waals surface area contributed by atoms with Gasteiger partial charge in [-0.15, -0.1) is 0 Å². The van der Waals surface area contributed by atoms with E-state index in [4.69, 9.17) is 33.9 Å². The second-order valence-electron chi connectivity index (χ2n) is 8.99. The lowest BCUT2D eigenvalue weighted by molar-refractivity contribution is -0.143. The molecule has 0 bridgehead atoms. The first-order valence-corrected chi connectivity index (χ1v) is 15.2. The number of rotatable bonds is 25. The lowest BCUT2D eigenvalue weighted by Crippen LogP contribution is -2.28. The first-order valence-electron chi connectivity index (χ1n) is 13.7. The summed E-state index contributed by atoms with van der Waals surface area (Å²) in [6, 6.07) is 5.47. The molecule has 0 saturated carbocycles. The van der Waals surface area contributed by atoms with Crippen LogP contribution >= 0.6 is 0 Å². The van der Waals surface area contributed by atoms with Crippen molar-refractivity contribution < 1.29 is 61.5 Å². The Balaban J connectivity index is 1.57. The summed E-state index contributed by atoms with van der Waals surface area (Å²) in [4.78, 5) is 52.6. The van der Waals surface area contributed by atoms with Crippen LogP contribution in [0.15, 0.2) is 41.6 Å². The van der Waals surface area contributed by atoms with Crippen LogP contribution in [0.25, 0.3) is 0 Å². The Morgan fingerprint density at radius 1 is 0.778 bits per heavy atom. The molecule has 0 unspecified atom stereocenters. The van der Waals surface area contributed by atoms with Crippen LogP contribution in [0.4, 0.5) is 5.95 Å². The summed E-state index contributed by atoms with van der Waals surface area (Å²) < 4.78 is 53.5. The van der Waals surface area contributed by atoms with Gasteiger partial charge in [-0.1, -0.05) is 6.07 Å². The molecular formula is C27H36N4O13S. The van der Waals surface area contributed by atoms with Crippen molar-refractivity contribution in [1.82, 2.24) is 15.3 Å². The van der Waals surface area contributed by atoms with Gasteiger partial charge in [-0.05, 0) is 18.6 Å². The lowest BCUT2D eigenvalue weighted by Gasteiger charge is -2.10. The average molecular weight is 657 g/mol. The van der Waals surface area contributed by atoms with Gasteiger partial charge in [0, 0.05) is 38.0 Å². The Morgan fingerprint density at radius 2 is 1.44 bits per heavy atom. The second kappa shape index (κ2) is 20.7. The molecule has 2 aromatic rings. The predicted molar refractivity (Wildman–Crippen MR) is 155 cm³/mol. The number of aromatic nitrogens is 2. The molecule has 0 spiro atoms. The van der Waals surface area contributed by atoms with Crippen LogP contribution in [0.2, 0.25) is 0 Å². The lowest BCUT2D eigenvalue weighted by atomic mass is 10.2. The molecular weight excluding hydrogens is 620 g/mol. The number of anilines is 1. The van der Waals surface area contributed by atoms with E-state index < -0.39 is 27.9 Å². The Labute approximate surface area is 259 Å². The summed E-state index contributed by atoms with van der Waals surface area (Å²) in [7, 11) is -4.09. The number of benzene rings is 1. The summed E-state index contributed by atoms with van der Waals surface area (Å²) in [6.45, 7) is 0.911. The molecule has 18 heteroatoms. The first-order chi connectivity index (χ1) is 21.6. The molecule has 2 rings (SSSR count). The molecule has 1 heterocycles. The standard InChI is InChI=1S/C27H36N4O13S/c32-21(3-2-8-40-11-14-43-19-25(35)36)18-42-13-12-41-10-7-28-26(37)20-16-29-27(30-17-20)31-45(38,39)23-5-1-4-22(15-23)44-9-6-24(33)34/h1,4-5,15-17H,2-3,6-14,18-19H2,(H,28,37)(H,33,34)(H,35,36)(H,29,30,31). The number of hydrogen-bond acceptors (Lipinski definition) is 13. The van der Waals surface area contributed by atoms with Gasteiger partial charge in [0.05, 0.1) is 56.5 Å². The first kappa shape index (κ1) is 37.0. The third-order valence-electron chi connectivity index (χ3n) is 5.35. The van der Waals surface area contributed by atoms with Crippen LogP contribution in [0.3, 0.4) is 0 Å². The maximum Gasteiger partial charge on any atom is 0.329 e. The van der Waals surface area contributed by atoms with E-state index in [0.29, 0.717) is 13.0 Å². The molecule has 45 heavy (non-hydrogen) atoms. The van der Waals surface area contributed by atoms with E-state index in [0.717, 1.165) is 12.4 Å². The normalized spacial score (nSPS) is 11.1. The number of carbonyl (C=O) groups is 4. The molecule has 1 amide bonds. The minimum atomic E-state index is -4.09. The number of amides is 1. The summed E-state index contributed by atoms with van der Waals surface area (Å²) in [5, 5.41) is 19.7. The summed E-state index contributed by atoms with van der Waals surface area (Å²) in [5.41, 5.74) is 0.0885. The van der Waals surface area contributed by atoms with E-state index in [1.165, 1.54) is 24.3 Å². The molecule has 0 fully saturated rings. The van der Waals surface area contributed by atoms with Gasteiger partial charge < -0.3 is 39.2 Å². The Kier molecular flexibility index (Phi) is 17.0. The van der Waals surface area contributed by atoms with Gasteiger partial charge >= 0.3 is 11.9 Å². The van der Waals surface area contributed by atoms with Crippen molar-refractivity contribution in [1.29, 1.82) is 0 Å². The molecule has 0 atom stereocenters. The van der Waals surface area contributed by atoms with E-state index in [-0.39, 0.29) is 100 Å². The largest absolute Gasteiger partial charge is 0.493 e. The number of aliphatic carboxylic acids is 2. The van der Waals surface area contributed by atoms with Crippen molar-refractivity contribution in [2.45, 2.75) is 24.2 Å². The van der Waals surface area contributed by atoms with Crippen LogP contribution in [0.1, 0.15) is 29.6 Å². The highest BCUT2D eigenvalue weighted by atomic mass is 32.2. The molecule has 4 N–H and O–H groups in total. The van der Waals surface area contributed by atoms with Gasteiger partial charge in [0.2, 0.25) is 5.95 Å². The zero-order valence-electron chi connectivity index (χ0n) is 24.3. The van der Waals surface area contributed by atoms with Crippen molar-refractivity contribution in [3.63, 3.8) is 0 Å². The molecule has 1 aromatic carbocycles. The van der Waals surface area contributed by atoms with Crippen LogP contribution in [-0.4, -0.2) is 118 Å². The fraction of sp³-hybridized carbons (Fsp3) is 0.481. The van der Waals surface area contributed by atoms with E-state index in [1.807, 2.05) is 0 Å². The van der Waals surface area contributed by atoms with Crippen molar-refractivity contribution >= 4 is 39.6 Å². The fourth-order valence-electron chi connectivity index (χ4n) is 3.23. The highest BCUT2D eigenvalue weighted by Crippen LogP contribution is 2.19. The average Bonchev–Trinajstić information content (AvgIpc) is 2.99. The Hall–Kier alpha value is -4.23. The number of nitrogens with one attached hydrogen (secondary N) is 2. The number of nitrogens with zero attached hydrogens (tertiary/aromatic N) is 2. The molecule has 0 saturated heterocycles. The van der Waals surface area contributed by atoms with Crippen LogP contribution in [-0.2, 0) is 43.4 Å². The van der Waals surface area contributed by atoms with E-state index >= 15 is 0 Å². The number of carboxylic acids is 2. The number of Topliss-reactive ketones (excluding diaryl/α,β-unsaturated/α-hetero) is 1. The number of ether oxygens (including phenoxy) is 5. The third-order valence-corrected chi connectivity index (χ3v) is 6.67. The molecule has 0 aliphatic rings.